The van der Waals surface area contributed by atoms with Crippen molar-refractivity contribution in [3.8, 4) is 5.88 Å². The second-order valence-corrected chi connectivity index (χ2v) is 5.74. The minimum absolute atomic E-state index is 0.00360. The number of aliphatic hydroxyl groups is 1. The van der Waals surface area contributed by atoms with Crippen molar-refractivity contribution >= 4 is 11.9 Å². The van der Waals surface area contributed by atoms with Crippen molar-refractivity contribution in [1.29, 1.82) is 0 Å². The Morgan fingerprint density at radius 2 is 2.22 bits per heavy atom. The number of carbonyl (C=O) groups is 1. The third kappa shape index (κ3) is 2.58. The second-order valence-electron chi connectivity index (χ2n) is 5.74. The normalized spacial score (nSPS) is 26.3. The molecular weight excluding hydrogens is 310 g/mol. The van der Waals surface area contributed by atoms with E-state index >= 15 is 0 Å². The van der Waals surface area contributed by atoms with E-state index in [9.17, 15) is 18.7 Å². The van der Waals surface area contributed by atoms with Gasteiger partial charge in [0.15, 0.2) is 0 Å². The molecule has 2 aliphatic rings. The van der Waals surface area contributed by atoms with Gasteiger partial charge in [-0.15, -0.1) is 0 Å². The number of aromatic nitrogens is 2. The van der Waals surface area contributed by atoms with Gasteiger partial charge in [-0.05, 0) is 19.8 Å². The Labute approximate surface area is 131 Å². The molecule has 1 aliphatic heterocycles. The number of fused-ring (bicyclic) bond motifs is 1. The average Bonchev–Trinajstić information content (AvgIpc) is 2.75. The van der Waals surface area contributed by atoms with Crippen molar-refractivity contribution < 1.29 is 23.4 Å². The smallest absolute Gasteiger partial charge is 0.270 e. The first-order valence-corrected chi connectivity index (χ1v) is 7.51. The molecule has 0 aromatic carbocycles. The van der Waals surface area contributed by atoms with Gasteiger partial charge in [-0.25, -0.2) is 13.8 Å². The third-order valence-corrected chi connectivity index (χ3v) is 4.19. The fourth-order valence-corrected chi connectivity index (χ4v) is 3.24. The molecule has 1 saturated carbocycles. The van der Waals surface area contributed by atoms with Gasteiger partial charge >= 0.3 is 0 Å². The first-order valence-electron chi connectivity index (χ1n) is 7.51. The molecule has 0 saturated heterocycles. The van der Waals surface area contributed by atoms with E-state index < -0.39 is 24.0 Å². The Kier molecular flexibility index (Phi) is 3.83. The van der Waals surface area contributed by atoms with E-state index in [1.807, 2.05) is 0 Å². The molecule has 9 heteroatoms. The molecule has 1 aliphatic carbocycles. The van der Waals surface area contributed by atoms with Gasteiger partial charge < -0.3 is 20.5 Å². The summed E-state index contributed by atoms with van der Waals surface area (Å²) in [7, 11) is 0. The maximum atomic E-state index is 14.2. The minimum Gasteiger partial charge on any atom is -0.477 e. The average molecular weight is 328 g/mol. The first kappa shape index (κ1) is 15.9. The summed E-state index contributed by atoms with van der Waals surface area (Å²) in [5, 5.41) is 10.0. The van der Waals surface area contributed by atoms with E-state index in [0.717, 1.165) is 4.90 Å². The highest BCUT2D eigenvalue weighted by Crippen LogP contribution is 2.41. The maximum Gasteiger partial charge on any atom is 0.270 e. The van der Waals surface area contributed by atoms with Gasteiger partial charge in [0.2, 0.25) is 11.8 Å². The molecular formula is C14H18F2N4O3. The van der Waals surface area contributed by atoms with Crippen molar-refractivity contribution in [3.05, 3.63) is 11.3 Å². The number of amides is 1. The Morgan fingerprint density at radius 3 is 2.87 bits per heavy atom. The van der Waals surface area contributed by atoms with E-state index in [2.05, 4.69) is 9.97 Å². The molecule has 2 heterocycles. The summed E-state index contributed by atoms with van der Waals surface area (Å²) >= 11 is 0. The summed E-state index contributed by atoms with van der Waals surface area (Å²) in [5.41, 5.74) is 5.88. The van der Waals surface area contributed by atoms with Crippen LogP contribution in [0.15, 0.2) is 0 Å². The van der Waals surface area contributed by atoms with E-state index in [1.54, 1.807) is 6.92 Å². The van der Waals surface area contributed by atoms with Crippen LogP contribution in [0.3, 0.4) is 0 Å². The van der Waals surface area contributed by atoms with Gasteiger partial charge in [-0.2, -0.15) is 4.98 Å². The number of carbonyl (C=O) groups excluding carboxylic acids is 1. The molecule has 3 rings (SSSR count). The molecule has 7 nitrogen and oxygen atoms in total. The first-order chi connectivity index (χ1) is 10.8. The lowest BCUT2D eigenvalue weighted by Gasteiger charge is -2.40. The molecule has 1 fully saturated rings. The summed E-state index contributed by atoms with van der Waals surface area (Å²) in [4.78, 5) is 21.4. The number of hydrogen-bond acceptors (Lipinski definition) is 6. The minimum atomic E-state index is -3.15. The van der Waals surface area contributed by atoms with Crippen molar-refractivity contribution in [2.24, 2.45) is 0 Å². The van der Waals surface area contributed by atoms with Crippen LogP contribution in [0.2, 0.25) is 0 Å². The molecule has 1 amide bonds. The van der Waals surface area contributed by atoms with Gasteiger partial charge in [-0.1, -0.05) is 0 Å². The van der Waals surface area contributed by atoms with Crippen LogP contribution in [-0.2, 0) is 6.54 Å². The third-order valence-electron chi connectivity index (χ3n) is 4.19. The topological polar surface area (TPSA) is 102 Å². The second kappa shape index (κ2) is 5.55. The molecule has 0 spiro atoms. The largest absolute Gasteiger partial charge is 0.477 e. The van der Waals surface area contributed by atoms with Crippen molar-refractivity contribution in [2.45, 2.75) is 50.8 Å². The van der Waals surface area contributed by atoms with Crippen molar-refractivity contribution in [2.75, 3.05) is 12.3 Å². The number of halogens is 2. The predicted molar refractivity (Wildman–Crippen MR) is 76.1 cm³/mol. The molecule has 126 valence electrons. The van der Waals surface area contributed by atoms with Gasteiger partial charge in [0, 0.05) is 6.42 Å². The van der Waals surface area contributed by atoms with E-state index in [-0.39, 0.29) is 55.5 Å². The van der Waals surface area contributed by atoms with Crippen LogP contribution >= 0.6 is 0 Å². The Morgan fingerprint density at radius 1 is 1.48 bits per heavy atom. The monoisotopic (exact) mass is 328 g/mol. The number of alkyl halides is 2. The summed E-state index contributed by atoms with van der Waals surface area (Å²) in [5.74, 6) is -3.90. The fraction of sp³-hybridized carbons (Fsp3) is 0.643. The maximum absolute atomic E-state index is 14.2. The highest BCUT2D eigenvalue weighted by Gasteiger charge is 2.53. The van der Waals surface area contributed by atoms with Crippen LogP contribution in [0.1, 0.15) is 42.2 Å². The van der Waals surface area contributed by atoms with Crippen LogP contribution in [-0.4, -0.2) is 50.6 Å². The van der Waals surface area contributed by atoms with Crippen LogP contribution < -0.4 is 10.5 Å². The predicted octanol–water partition coefficient (Wildman–Crippen LogP) is 0.962. The zero-order chi connectivity index (χ0) is 16.8. The summed E-state index contributed by atoms with van der Waals surface area (Å²) < 4.78 is 33.8. The number of ether oxygens (including phenoxy) is 1. The fourth-order valence-electron chi connectivity index (χ4n) is 3.24. The number of hydrogen-bond donors (Lipinski definition) is 2. The van der Waals surface area contributed by atoms with E-state index in [1.165, 1.54) is 0 Å². The number of nitrogens with two attached hydrogens (primary N) is 1. The van der Waals surface area contributed by atoms with Gasteiger partial charge in [0.05, 0.1) is 24.9 Å². The SMILES string of the molecule is CCOc1nc(N)nc2c1C(=O)N(C1C(O)CCCC1(F)F)C2. The quantitative estimate of drug-likeness (QED) is 0.857. The van der Waals surface area contributed by atoms with Crippen molar-refractivity contribution in [3.63, 3.8) is 0 Å². The molecule has 3 N–H and O–H groups in total. The van der Waals surface area contributed by atoms with Gasteiger partial charge in [0.25, 0.3) is 11.8 Å². The number of anilines is 1. The number of aliphatic hydroxyl groups excluding tert-OH is 1. The van der Waals surface area contributed by atoms with Crippen LogP contribution in [0, 0.1) is 0 Å². The summed E-state index contributed by atoms with van der Waals surface area (Å²) in [6.07, 6.45) is -1.19. The molecule has 0 bridgehead atoms. The summed E-state index contributed by atoms with van der Waals surface area (Å²) in [6, 6.07) is -1.58. The Hall–Kier alpha value is -2.03. The Bertz CT molecular complexity index is 641. The lowest BCUT2D eigenvalue weighted by molar-refractivity contribution is -0.140. The van der Waals surface area contributed by atoms with Gasteiger partial charge in [-0.3, -0.25) is 4.79 Å². The lowest BCUT2D eigenvalue weighted by Crippen LogP contribution is -2.56. The van der Waals surface area contributed by atoms with E-state index in [4.69, 9.17) is 10.5 Å². The zero-order valence-electron chi connectivity index (χ0n) is 12.6. The lowest BCUT2D eigenvalue weighted by atomic mass is 9.88. The standard InChI is InChI=1S/C14H18F2N4O3/c1-2-23-11-9-7(18-13(17)19-11)6-20(12(9)22)10-8(21)4-3-5-14(10,15)16/h8,10,21H,2-6H2,1H3,(H2,17,18,19). The molecule has 1 aromatic rings. The van der Waals surface area contributed by atoms with Gasteiger partial charge in [0.1, 0.15) is 11.6 Å². The van der Waals surface area contributed by atoms with Crippen LogP contribution in [0.25, 0.3) is 0 Å². The van der Waals surface area contributed by atoms with Crippen molar-refractivity contribution in [1.82, 2.24) is 14.9 Å². The number of nitrogen functional groups attached to an aromatic ring is 1. The van der Waals surface area contributed by atoms with Crippen LogP contribution in [0.5, 0.6) is 5.88 Å². The summed E-state index contributed by atoms with van der Waals surface area (Å²) in [6.45, 7) is 1.82. The molecule has 2 unspecified atom stereocenters. The molecule has 0 radical (unpaired) electrons. The Balaban J connectivity index is 1.99. The molecule has 2 atom stereocenters. The highest BCUT2D eigenvalue weighted by atomic mass is 19.3. The molecule has 23 heavy (non-hydrogen) atoms. The number of nitrogens with zero attached hydrogens (tertiary/aromatic N) is 3. The number of rotatable bonds is 3. The zero-order valence-corrected chi connectivity index (χ0v) is 12.6. The highest BCUT2D eigenvalue weighted by molar-refractivity contribution is 6.00. The molecule has 1 aromatic heterocycles. The van der Waals surface area contributed by atoms with Crippen LogP contribution in [0.4, 0.5) is 14.7 Å². The van der Waals surface area contributed by atoms with E-state index in [0.29, 0.717) is 0 Å².